The average molecular weight is 401 g/mol. The number of hydrogen-bond acceptors (Lipinski definition) is 5. The number of rotatable bonds is 4. The van der Waals surface area contributed by atoms with Crippen molar-refractivity contribution < 1.29 is 19.1 Å². The molecule has 1 unspecified atom stereocenters. The molecule has 8 heteroatoms. The van der Waals surface area contributed by atoms with E-state index in [1.807, 2.05) is 32.9 Å². The third kappa shape index (κ3) is 4.41. The van der Waals surface area contributed by atoms with Crippen LogP contribution in [0.15, 0.2) is 23.0 Å². The molecule has 1 saturated heterocycles. The molecule has 0 bridgehead atoms. The molecular formula is C21H27N3O5. The van der Waals surface area contributed by atoms with Crippen LogP contribution < -0.4 is 11.0 Å². The summed E-state index contributed by atoms with van der Waals surface area (Å²) < 4.78 is 8.32. The van der Waals surface area contributed by atoms with Crippen molar-refractivity contribution in [2.75, 3.05) is 0 Å². The number of nitrogens with zero attached hydrogens (tertiary/aromatic N) is 2. The number of ether oxygens (including phenoxy) is 1. The van der Waals surface area contributed by atoms with Gasteiger partial charge in [0.15, 0.2) is 0 Å². The standard InChI is InChI=1S/C21H27N3O5/c1-21(2,3)29-17(26)12-11-13-7-5-8-14-18(13)23(4)20(28)24(14)15-9-6-10-16(25)22-19(15)27/h5,7-8,15H,6,9-12H2,1-4H3,(H,22,25,27). The number of carbonyl (C=O) groups excluding carboxylic acids is 3. The van der Waals surface area contributed by atoms with Crippen molar-refractivity contribution in [3.05, 3.63) is 34.2 Å². The number of hydrogen-bond donors (Lipinski definition) is 1. The van der Waals surface area contributed by atoms with E-state index in [1.54, 1.807) is 13.1 Å². The van der Waals surface area contributed by atoms with E-state index in [4.69, 9.17) is 4.74 Å². The summed E-state index contributed by atoms with van der Waals surface area (Å²) in [6.45, 7) is 5.45. The normalized spacial score (nSPS) is 17.9. The monoisotopic (exact) mass is 401 g/mol. The van der Waals surface area contributed by atoms with Crippen LogP contribution in [0.2, 0.25) is 0 Å². The zero-order chi connectivity index (χ0) is 21.3. The summed E-state index contributed by atoms with van der Waals surface area (Å²) in [5.74, 6) is -1.08. The Kier molecular flexibility index (Phi) is 5.64. The third-order valence-corrected chi connectivity index (χ3v) is 4.96. The third-order valence-electron chi connectivity index (χ3n) is 4.96. The lowest BCUT2D eigenvalue weighted by Gasteiger charge is -2.19. The molecular weight excluding hydrogens is 374 g/mol. The molecule has 156 valence electrons. The molecule has 1 fully saturated rings. The molecule has 0 spiro atoms. The Morgan fingerprint density at radius 1 is 1.24 bits per heavy atom. The molecule has 3 rings (SSSR count). The lowest BCUT2D eigenvalue weighted by atomic mass is 10.1. The van der Waals surface area contributed by atoms with Crippen LogP contribution in [0.4, 0.5) is 0 Å². The van der Waals surface area contributed by atoms with Crippen molar-refractivity contribution in [3.63, 3.8) is 0 Å². The number of imidazole rings is 1. The maximum atomic E-state index is 13.0. The van der Waals surface area contributed by atoms with Gasteiger partial charge in [-0.2, -0.15) is 0 Å². The van der Waals surface area contributed by atoms with Gasteiger partial charge in [-0.1, -0.05) is 12.1 Å². The van der Waals surface area contributed by atoms with Crippen LogP contribution in [0.1, 0.15) is 58.1 Å². The number of esters is 1. The fourth-order valence-corrected chi connectivity index (χ4v) is 3.77. The number of aryl methyl sites for hydroxylation is 2. The van der Waals surface area contributed by atoms with Gasteiger partial charge in [0.25, 0.3) is 0 Å². The van der Waals surface area contributed by atoms with Crippen molar-refractivity contribution in [3.8, 4) is 0 Å². The van der Waals surface area contributed by atoms with E-state index in [-0.39, 0.29) is 30.4 Å². The SMILES string of the molecule is Cn1c(=O)n(C2CCCC(=O)NC2=O)c2cccc(CCC(=O)OC(C)(C)C)c21. The fourth-order valence-electron chi connectivity index (χ4n) is 3.77. The van der Waals surface area contributed by atoms with Crippen LogP contribution >= 0.6 is 0 Å². The van der Waals surface area contributed by atoms with E-state index in [2.05, 4.69) is 5.32 Å². The fraction of sp³-hybridized carbons (Fsp3) is 0.524. The Bertz CT molecular complexity index is 1030. The number of carbonyl (C=O) groups is 3. The van der Waals surface area contributed by atoms with E-state index in [1.165, 1.54) is 9.13 Å². The summed E-state index contributed by atoms with van der Waals surface area (Å²) in [7, 11) is 1.65. The summed E-state index contributed by atoms with van der Waals surface area (Å²) in [5.41, 5.74) is 1.26. The minimum Gasteiger partial charge on any atom is -0.460 e. The zero-order valence-electron chi connectivity index (χ0n) is 17.3. The molecule has 8 nitrogen and oxygen atoms in total. The van der Waals surface area contributed by atoms with Crippen LogP contribution in [0, 0.1) is 0 Å². The molecule has 1 aromatic carbocycles. The second-order valence-corrected chi connectivity index (χ2v) is 8.40. The molecule has 1 aliphatic heterocycles. The van der Waals surface area contributed by atoms with E-state index in [9.17, 15) is 19.2 Å². The first-order valence-corrected chi connectivity index (χ1v) is 9.83. The van der Waals surface area contributed by atoms with Crippen LogP contribution in [-0.2, 0) is 32.6 Å². The predicted octanol–water partition coefficient (Wildman–Crippen LogP) is 1.98. The minimum absolute atomic E-state index is 0.189. The van der Waals surface area contributed by atoms with E-state index >= 15 is 0 Å². The highest BCUT2D eigenvalue weighted by atomic mass is 16.6. The highest BCUT2D eigenvalue weighted by Gasteiger charge is 2.29. The van der Waals surface area contributed by atoms with Crippen molar-refractivity contribution in [1.29, 1.82) is 0 Å². The zero-order valence-corrected chi connectivity index (χ0v) is 17.3. The number of benzene rings is 1. The summed E-state index contributed by atoms with van der Waals surface area (Å²) in [6.07, 6.45) is 1.82. The van der Waals surface area contributed by atoms with Gasteiger partial charge in [-0.25, -0.2) is 4.79 Å². The highest BCUT2D eigenvalue weighted by Crippen LogP contribution is 2.25. The van der Waals surface area contributed by atoms with Gasteiger partial charge in [-0.3, -0.25) is 28.8 Å². The Morgan fingerprint density at radius 2 is 1.97 bits per heavy atom. The molecule has 29 heavy (non-hydrogen) atoms. The molecule has 1 N–H and O–H groups in total. The molecule has 2 amide bonds. The minimum atomic E-state index is -0.737. The number of nitrogens with one attached hydrogen (secondary N) is 1. The second kappa shape index (κ2) is 7.85. The molecule has 1 aromatic heterocycles. The van der Waals surface area contributed by atoms with Gasteiger partial charge in [0.1, 0.15) is 11.6 Å². The second-order valence-electron chi connectivity index (χ2n) is 8.40. The Morgan fingerprint density at radius 3 is 2.66 bits per heavy atom. The number of aromatic nitrogens is 2. The lowest BCUT2D eigenvalue weighted by Crippen LogP contribution is -2.38. The molecule has 0 aliphatic carbocycles. The maximum Gasteiger partial charge on any atom is 0.329 e. The Labute approximate surface area is 168 Å². The molecule has 0 saturated carbocycles. The van der Waals surface area contributed by atoms with Crippen LogP contribution in [0.3, 0.4) is 0 Å². The van der Waals surface area contributed by atoms with Crippen LogP contribution in [-0.4, -0.2) is 32.5 Å². The van der Waals surface area contributed by atoms with Crippen molar-refractivity contribution in [2.24, 2.45) is 7.05 Å². The highest BCUT2D eigenvalue weighted by molar-refractivity contribution is 5.98. The topological polar surface area (TPSA) is 99.4 Å². The molecule has 0 radical (unpaired) electrons. The molecule has 2 heterocycles. The van der Waals surface area contributed by atoms with Crippen molar-refractivity contribution in [1.82, 2.24) is 14.5 Å². The largest absolute Gasteiger partial charge is 0.460 e. The van der Waals surface area contributed by atoms with Gasteiger partial charge >= 0.3 is 11.7 Å². The van der Waals surface area contributed by atoms with Gasteiger partial charge in [0.2, 0.25) is 11.8 Å². The summed E-state index contributed by atoms with van der Waals surface area (Å²) in [4.78, 5) is 49.2. The summed E-state index contributed by atoms with van der Waals surface area (Å²) in [5, 5.41) is 2.36. The number of fused-ring (bicyclic) bond motifs is 1. The van der Waals surface area contributed by atoms with Crippen molar-refractivity contribution in [2.45, 2.75) is 64.5 Å². The van der Waals surface area contributed by atoms with E-state index in [0.29, 0.717) is 30.3 Å². The van der Waals surface area contributed by atoms with Gasteiger partial charge in [-0.15, -0.1) is 0 Å². The van der Waals surface area contributed by atoms with Gasteiger partial charge in [0, 0.05) is 19.9 Å². The smallest absolute Gasteiger partial charge is 0.329 e. The van der Waals surface area contributed by atoms with Gasteiger partial charge < -0.3 is 4.74 Å². The first-order valence-electron chi connectivity index (χ1n) is 9.83. The first kappa shape index (κ1) is 20.8. The predicted molar refractivity (Wildman–Crippen MR) is 107 cm³/mol. The first-order chi connectivity index (χ1) is 13.6. The summed E-state index contributed by atoms with van der Waals surface area (Å²) >= 11 is 0. The van der Waals surface area contributed by atoms with Crippen LogP contribution in [0.25, 0.3) is 11.0 Å². The van der Waals surface area contributed by atoms with Crippen molar-refractivity contribution >= 4 is 28.8 Å². The average Bonchev–Trinajstić information content (AvgIpc) is 2.75. The molecule has 2 aromatic rings. The van der Waals surface area contributed by atoms with Gasteiger partial charge in [0.05, 0.1) is 11.0 Å². The lowest BCUT2D eigenvalue weighted by molar-refractivity contribution is -0.154. The number of imide groups is 1. The number of amides is 2. The van der Waals surface area contributed by atoms with Gasteiger partial charge in [-0.05, 0) is 51.7 Å². The Hall–Kier alpha value is -2.90. The maximum absolute atomic E-state index is 13.0. The Balaban J connectivity index is 1.97. The summed E-state index contributed by atoms with van der Waals surface area (Å²) in [6, 6.07) is 4.72. The van der Waals surface area contributed by atoms with Crippen LogP contribution in [0.5, 0.6) is 0 Å². The molecule has 1 aliphatic rings. The molecule has 1 atom stereocenters. The number of para-hydroxylation sites is 1. The quantitative estimate of drug-likeness (QED) is 0.624. The van der Waals surface area contributed by atoms with E-state index < -0.39 is 17.6 Å². The van der Waals surface area contributed by atoms with E-state index in [0.717, 1.165) is 5.56 Å².